The van der Waals surface area contributed by atoms with Gasteiger partial charge in [0.15, 0.2) is 5.44 Å². The molecule has 0 N–H and O–H groups in total. The maximum absolute atomic E-state index is 5.23. The maximum atomic E-state index is 5.23. The number of hydrogen-bond acceptors (Lipinski definition) is 1. The van der Waals surface area contributed by atoms with E-state index in [1.165, 1.54) is 0 Å². The summed E-state index contributed by atoms with van der Waals surface area (Å²) in [5.74, 6) is 0.838. The van der Waals surface area contributed by atoms with Crippen LogP contribution >= 0.6 is 12.6 Å². The molecule has 0 aliphatic rings. The number of ether oxygens (including phenoxy) is 1. The third-order valence-corrected chi connectivity index (χ3v) is 1.14. The Morgan fingerprint density at radius 3 is 2.40 bits per heavy atom. The summed E-state index contributed by atoms with van der Waals surface area (Å²) in [6, 6.07) is 9.58. The topological polar surface area (TPSA) is 9.23 Å². The van der Waals surface area contributed by atoms with Crippen LogP contribution in [0, 0.1) is 0 Å². The summed E-state index contributed by atoms with van der Waals surface area (Å²) in [5, 5.41) is 0. The molecule has 0 heterocycles. The molecule has 1 aromatic rings. The number of para-hydroxylation sites is 1. The molecule has 0 fully saturated rings. The highest BCUT2D eigenvalue weighted by atomic mass is 32.1. The monoisotopic (exact) mass is 153 g/mol. The molecule has 0 spiro atoms. The van der Waals surface area contributed by atoms with E-state index in [0.29, 0.717) is 0 Å². The van der Waals surface area contributed by atoms with E-state index < -0.39 is 0 Å². The highest BCUT2D eigenvalue weighted by molar-refractivity contribution is 7.80. The van der Waals surface area contributed by atoms with Crippen molar-refractivity contribution < 1.29 is 4.74 Å². The lowest BCUT2D eigenvalue weighted by molar-refractivity contribution is 0.310. The van der Waals surface area contributed by atoms with Gasteiger partial charge in [0.2, 0.25) is 0 Å². The van der Waals surface area contributed by atoms with Crippen molar-refractivity contribution in [2.45, 2.75) is 12.4 Å². The van der Waals surface area contributed by atoms with Gasteiger partial charge in [-0.05, 0) is 31.7 Å². The first-order valence-corrected chi connectivity index (χ1v) is 3.63. The van der Waals surface area contributed by atoms with Crippen LogP contribution in [0.5, 0.6) is 5.75 Å². The molecular formula is C8H9OS. The van der Waals surface area contributed by atoms with E-state index in [2.05, 4.69) is 0 Å². The van der Waals surface area contributed by atoms with Gasteiger partial charge in [-0.2, -0.15) is 0 Å². The molecule has 0 aliphatic heterocycles. The van der Waals surface area contributed by atoms with Crippen LogP contribution < -0.4 is 4.74 Å². The van der Waals surface area contributed by atoms with Crippen LogP contribution in [0.1, 0.15) is 6.92 Å². The average Bonchev–Trinajstić information content (AvgIpc) is 1.88. The highest BCUT2D eigenvalue weighted by Crippen LogP contribution is 2.11. The lowest BCUT2D eigenvalue weighted by Gasteiger charge is -2.06. The molecule has 1 nitrogen and oxygen atoms in total. The fraction of sp³-hybridized carbons (Fsp3) is 0.250. The predicted octanol–water partition coefficient (Wildman–Crippen LogP) is 2.61. The molecule has 10 heavy (non-hydrogen) atoms. The SMILES string of the molecule is CC([S])Oc1ccccc1. The lowest BCUT2D eigenvalue weighted by Crippen LogP contribution is -2.01. The van der Waals surface area contributed by atoms with Crippen LogP contribution in [0.3, 0.4) is 0 Å². The number of hydrogen-bond donors (Lipinski definition) is 0. The van der Waals surface area contributed by atoms with Crippen molar-refractivity contribution in [3.05, 3.63) is 30.3 Å². The van der Waals surface area contributed by atoms with Gasteiger partial charge >= 0.3 is 0 Å². The molecule has 1 atom stereocenters. The van der Waals surface area contributed by atoms with E-state index in [-0.39, 0.29) is 5.44 Å². The quantitative estimate of drug-likeness (QED) is 0.634. The molecular weight excluding hydrogens is 144 g/mol. The van der Waals surface area contributed by atoms with Gasteiger partial charge in [-0.3, -0.25) is 0 Å². The molecule has 0 saturated heterocycles. The van der Waals surface area contributed by atoms with Gasteiger partial charge in [0.25, 0.3) is 0 Å². The Balaban J connectivity index is 2.59. The van der Waals surface area contributed by atoms with E-state index in [4.69, 9.17) is 17.4 Å². The molecule has 1 rings (SSSR count). The summed E-state index contributed by atoms with van der Waals surface area (Å²) in [6.45, 7) is 1.84. The van der Waals surface area contributed by atoms with Gasteiger partial charge in [-0.25, -0.2) is 0 Å². The van der Waals surface area contributed by atoms with Crippen LogP contribution in [0.15, 0.2) is 30.3 Å². The van der Waals surface area contributed by atoms with E-state index >= 15 is 0 Å². The molecule has 2 heteroatoms. The zero-order valence-corrected chi connectivity index (χ0v) is 6.60. The molecule has 0 aliphatic carbocycles. The highest BCUT2D eigenvalue weighted by Gasteiger charge is 1.94. The summed E-state index contributed by atoms with van der Waals surface area (Å²) >= 11 is 4.84. The second kappa shape index (κ2) is 3.52. The summed E-state index contributed by atoms with van der Waals surface area (Å²) in [5.41, 5.74) is -0.151. The van der Waals surface area contributed by atoms with Gasteiger partial charge < -0.3 is 4.74 Å². The van der Waals surface area contributed by atoms with Gasteiger partial charge in [0.05, 0.1) is 0 Å². The first-order valence-electron chi connectivity index (χ1n) is 3.16. The largest absolute Gasteiger partial charge is 0.479 e. The first-order chi connectivity index (χ1) is 4.79. The van der Waals surface area contributed by atoms with Crippen LogP contribution in [0.25, 0.3) is 0 Å². The average molecular weight is 153 g/mol. The minimum atomic E-state index is -0.151. The van der Waals surface area contributed by atoms with Crippen molar-refractivity contribution in [1.29, 1.82) is 0 Å². The van der Waals surface area contributed by atoms with E-state index in [9.17, 15) is 0 Å². The smallest absolute Gasteiger partial charge is 0.151 e. The number of rotatable bonds is 2. The Morgan fingerprint density at radius 1 is 1.30 bits per heavy atom. The minimum absolute atomic E-state index is 0.151. The van der Waals surface area contributed by atoms with Gasteiger partial charge in [-0.15, -0.1) is 0 Å². The van der Waals surface area contributed by atoms with E-state index in [0.717, 1.165) is 5.75 Å². The zero-order chi connectivity index (χ0) is 7.40. The van der Waals surface area contributed by atoms with Crippen LogP contribution in [-0.4, -0.2) is 5.44 Å². The molecule has 1 unspecified atom stereocenters. The summed E-state index contributed by atoms with van der Waals surface area (Å²) in [4.78, 5) is 0. The molecule has 1 aromatic carbocycles. The molecule has 0 bridgehead atoms. The van der Waals surface area contributed by atoms with Crippen molar-refractivity contribution in [2.75, 3.05) is 0 Å². The maximum Gasteiger partial charge on any atom is 0.151 e. The summed E-state index contributed by atoms with van der Waals surface area (Å²) < 4.78 is 5.23. The van der Waals surface area contributed by atoms with Gasteiger partial charge in [0, 0.05) is 0 Å². The molecule has 0 amide bonds. The fourth-order valence-electron chi connectivity index (χ4n) is 0.691. The van der Waals surface area contributed by atoms with Crippen molar-refractivity contribution in [1.82, 2.24) is 0 Å². The standard InChI is InChI=1S/C8H9OS/c1-7(10)9-8-5-3-2-4-6-8/h2-7H,1H3. The Hall–Kier alpha value is -0.630. The Bertz CT molecular complexity index is 184. The number of benzene rings is 1. The molecule has 0 saturated carbocycles. The second-order valence-electron chi connectivity index (χ2n) is 2.00. The van der Waals surface area contributed by atoms with E-state index in [1.54, 1.807) is 0 Å². The normalized spacial score (nSPS) is 12.6. The lowest BCUT2D eigenvalue weighted by atomic mass is 10.3. The van der Waals surface area contributed by atoms with E-state index in [1.807, 2.05) is 37.3 Å². The van der Waals surface area contributed by atoms with Crippen LogP contribution in [0.2, 0.25) is 0 Å². The second-order valence-corrected chi connectivity index (χ2v) is 2.66. The van der Waals surface area contributed by atoms with Crippen LogP contribution in [0.4, 0.5) is 0 Å². The molecule has 53 valence electrons. The Kier molecular flexibility index (Phi) is 2.63. The third kappa shape index (κ3) is 2.31. The van der Waals surface area contributed by atoms with Crippen molar-refractivity contribution >= 4 is 12.6 Å². The fourth-order valence-corrected chi connectivity index (χ4v) is 0.802. The van der Waals surface area contributed by atoms with Gasteiger partial charge in [0.1, 0.15) is 5.75 Å². The minimum Gasteiger partial charge on any atom is -0.479 e. The zero-order valence-electron chi connectivity index (χ0n) is 5.78. The van der Waals surface area contributed by atoms with Gasteiger partial charge in [-0.1, -0.05) is 18.2 Å². The molecule has 0 aromatic heterocycles. The Labute approximate surface area is 66.4 Å². The summed E-state index contributed by atoms with van der Waals surface area (Å²) in [6.07, 6.45) is 0. The first kappa shape index (κ1) is 7.48. The Morgan fingerprint density at radius 2 is 1.90 bits per heavy atom. The van der Waals surface area contributed by atoms with Crippen molar-refractivity contribution in [3.63, 3.8) is 0 Å². The third-order valence-electron chi connectivity index (χ3n) is 1.05. The molecule has 1 radical (unpaired) electrons. The summed E-state index contributed by atoms with van der Waals surface area (Å²) in [7, 11) is 0. The predicted molar refractivity (Wildman–Crippen MR) is 44.1 cm³/mol. The van der Waals surface area contributed by atoms with Crippen LogP contribution in [-0.2, 0) is 0 Å². The van der Waals surface area contributed by atoms with Crippen molar-refractivity contribution in [2.24, 2.45) is 0 Å². The van der Waals surface area contributed by atoms with Crippen molar-refractivity contribution in [3.8, 4) is 5.75 Å².